The van der Waals surface area contributed by atoms with Crippen molar-refractivity contribution in [2.45, 2.75) is 361 Å². The van der Waals surface area contributed by atoms with Gasteiger partial charge in [-0.1, -0.05) is 303 Å². The summed E-state index contributed by atoms with van der Waals surface area (Å²) in [5, 5.41) is 0. The third-order valence-electron chi connectivity index (χ3n) is 14.3. The molecule has 6 nitrogen and oxygen atoms in total. The normalized spacial score (nSPS) is 12.0. The Morgan fingerprint density at radius 2 is 0.478 bits per heavy atom. The minimum atomic E-state index is -0.764. The second kappa shape index (κ2) is 58.7. The first kappa shape index (κ1) is 67.1. The zero-order valence-corrected chi connectivity index (χ0v) is 46.9. The minimum absolute atomic E-state index is 0.0633. The van der Waals surface area contributed by atoms with Gasteiger partial charge < -0.3 is 14.2 Å². The summed E-state index contributed by atoms with van der Waals surface area (Å²) in [7, 11) is 0. The molecule has 0 rings (SSSR count). The van der Waals surface area contributed by atoms with E-state index in [4.69, 9.17) is 14.2 Å². The van der Waals surface area contributed by atoms with Crippen molar-refractivity contribution < 1.29 is 28.6 Å². The molecule has 0 radical (unpaired) electrons. The summed E-state index contributed by atoms with van der Waals surface area (Å²) in [6.45, 7) is 6.71. The fraction of sp³-hybridized carbons (Fsp3) is 0.921. The molecule has 408 valence electrons. The van der Waals surface area contributed by atoms with Crippen molar-refractivity contribution in [3.63, 3.8) is 0 Å². The summed E-state index contributed by atoms with van der Waals surface area (Å²) in [6, 6.07) is 0. The van der Waals surface area contributed by atoms with Gasteiger partial charge >= 0.3 is 17.9 Å². The first-order chi connectivity index (χ1) is 34.0. The highest BCUT2D eigenvalue weighted by Crippen LogP contribution is 2.18. The van der Waals surface area contributed by atoms with E-state index in [-0.39, 0.29) is 31.1 Å². The Hall–Kier alpha value is -1.85. The van der Waals surface area contributed by atoms with Crippen LogP contribution in [0.4, 0.5) is 0 Å². The number of rotatable bonds is 58. The lowest BCUT2D eigenvalue weighted by Crippen LogP contribution is -2.30. The van der Waals surface area contributed by atoms with Crippen LogP contribution in [0.2, 0.25) is 0 Å². The van der Waals surface area contributed by atoms with Crippen LogP contribution in [0.5, 0.6) is 0 Å². The van der Waals surface area contributed by atoms with Gasteiger partial charge in [0.1, 0.15) is 13.2 Å². The number of hydrogen-bond donors (Lipinski definition) is 0. The number of ether oxygens (including phenoxy) is 3. The van der Waals surface area contributed by atoms with E-state index in [1.54, 1.807) is 0 Å². The van der Waals surface area contributed by atoms with E-state index in [0.29, 0.717) is 19.3 Å². The number of carbonyl (C=O) groups excluding carboxylic acids is 3. The molecule has 0 amide bonds. The highest BCUT2D eigenvalue weighted by Gasteiger charge is 2.19. The van der Waals surface area contributed by atoms with E-state index >= 15 is 0 Å². The second-order valence-electron chi connectivity index (χ2n) is 21.3. The first-order valence-corrected chi connectivity index (χ1v) is 31.2. The molecule has 0 aromatic heterocycles. The van der Waals surface area contributed by atoms with Crippen molar-refractivity contribution >= 4 is 17.9 Å². The molecule has 0 saturated carbocycles. The van der Waals surface area contributed by atoms with Crippen molar-refractivity contribution in [2.24, 2.45) is 0 Å². The first-order valence-electron chi connectivity index (χ1n) is 31.2. The number of allylic oxidation sites excluding steroid dienone is 2. The third kappa shape index (κ3) is 56.9. The molecule has 1 atom stereocenters. The number of carbonyl (C=O) groups is 3. The fourth-order valence-corrected chi connectivity index (χ4v) is 9.56. The van der Waals surface area contributed by atoms with E-state index < -0.39 is 6.10 Å². The molecule has 0 aliphatic heterocycles. The topological polar surface area (TPSA) is 78.9 Å². The molecule has 0 saturated heterocycles. The molecule has 0 N–H and O–H groups in total. The van der Waals surface area contributed by atoms with Gasteiger partial charge in [0, 0.05) is 19.3 Å². The molecule has 0 heterocycles. The maximum absolute atomic E-state index is 12.9. The molecule has 0 bridgehead atoms. The van der Waals surface area contributed by atoms with Crippen LogP contribution in [0.1, 0.15) is 355 Å². The lowest BCUT2D eigenvalue weighted by Gasteiger charge is -2.18. The Balaban J connectivity index is 4.27. The largest absolute Gasteiger partial charge is 0.462 e. The summed E-state index contributed by atoms with van der Waals surface area (Å²) in [5.74, 6) is -0.835. The van der Waals surface area contributed by atoms with Crippen LogP contribution in [0.3, 0.4) is 0 Å². The van der Waals surface area contributed by atoms with E-state index in [2.05, 4.69) is 32.9 Å². The van der Waals surface area contributed by atoms with E-state index in [1.807, 2.05) is 0 Å². The molecular weight excluding hydrogens is 853 g/mol. The summed E-state index contributed by atoms with van der Waals surface area (Å²) in [5.41, 5.74) is 0. The quantitative estimate of drug-likeness (QED) is 0.0261. The molecule has 0 aromatic rings. The maximum atomic E-state index is 12.9. The molecule has 0 spiro atoms. The van der Waals surface area contributed by atoms with Crippen molar-refractivity contribution in [3.8, 4) is 0 Å². The Morgan fingerprint density at radius 1 is 0.275 bits per heavy atom. The molecule has 0 unspecified atom stereocenters. The molecule has 0 aromatic carbocycles. The van der Waals surface area contributed by atoms with Gasteiger partial charge in [0.2, 0.25) is 0 Å². The molecule has 0 aliphatic carbocycles. The molecule has 6 heteroatoms. The summed E-state index contributed by atoms with van der Waals surface area (Å²) in [4.78, 5) is 38.2. The lowest BCUT2D eigenvalue weighted by atomic mass is 10.0. The minimum Gasteiger partial charge on any atom is -0.462 e. The predicted octanol–water partition coefficient (Wildman–Crippen LogP) is 20.9. The van der Waals surface area contributed by atoms with E-state index in [0.717, 1.165) is 57.8 Å². The van der Waals surface area contributed by atoms with Crippen LogP contribution in [0.25, 0.3) is 0 Å². The van der Waals surface area contributed by atoms with E-state index in [1.165, 1.54) is 257 Å². The van der Waals surface area contributed by atoms with Gasteiger partial charge in [0.25, 0.3) is 0 Å². The lowest BCUT2D eigenvalue weighted by molar-refractivity contribution is -0.167. The highest BCUT2D eigenvalue weighted by molar-refractivity contribution is 5.71. The van der Waals surface area contributed by atoms with Crippen LogP contribution in [0.15, 0.2) is 12.2 Å². The zero-order chi connectivity index (χ0) is 50.0. The van der Waals surface area contributed by atoms with Crippen LogP contribution in [-0.2, 0) is 28.6 Å². The molecule has 69 heavy (non-hydrogen) atoms. The van der Waals surface area contributed by atoms with Gasteiger partial charge in [-0.25, -0.2) is 0 Å². The average molecular weight is 974 g/mol. The molecule has 0 aliphatic rings. The van der Waals surface area contributed by atoms with Gasteiger partial charge in [-0.2, -0.15) is 0 Å². The van der Waals surface area contributed by atoms with Gasteiger partial charge in [-0.15, -0.1) is 0 Å². The second-order valence-corrected chi connectivity index (χ2v) is 21.3. The van der Waals surface area contributed by atoms with Crippen molar-refractivity contribution in [1.29, 1.82) is 0 Å². The Labute approximate surface area is 431 Å². The summed E-state index contributed by atoms with van der Waals surface area (Å²) < 4.78 is 16.9. The van der Waals surface area contributed by atoms with Crippen molar-refractivity contribution in [1.82, 2.24) is 0 Å². The Kier molecular flexibility index (Phi) is 57.1. The van der Waals surface area contributed by atoms with Crippen LogP contribution in [0, 0.1) is 0 Å². The SMILES string of the molecule is CCCCCCCC/C=C\CCCCCCCCCCCCCC(=O)OC[C@H](COC(=O)CCCCCCCCCCCCCCCCC)OC(=O)CCCCCCCCCCCCCCCCC. The van der Waals surface area contributed by atoms with Crippen molar-refractivity contribution in [2.75, 3.05) is 13.2 Å². The van der Waals surface area contributed by atoms with Gasteiger partial charge in [-0.05, 0) is 44.9 Å². The Morgan fingerprint density at radius 3 is 0.725 bits per heavy atom. The van der Waals surface area contributed by atoms with Crippen LogP contribution < -0.4 is 0 Å². The van der Waals surface area contributed by atoms with Gasteiger partial charge in [0.05, 0.1) is 0 Å². The van der Waals surface area contributed by atoms with Crippen LogP contribution >= 0.6 is 0 Å². The maximum Gasteiger partial charge on any atom is 0.306 e. The van der Waals surface area contributed by atoms with E-state index in [9.17, 15) is 14.4 Å². The predicted molar refractivity (Wildman–Crippen MR) is 298 cm³/mol. The third-order valence-corrected chi connectivity index (χ3v) is 14.3. The van der Waals surface area contributed by atoms with Crippen LogP contribution in [-0.4, -0.2) is 37.2 Å². The van der Waals surface area contributed by atoms with Gasteiger partial charge in [0.15, 0.2) is 6.10 Å². The number of hydrogen-bond acceptors (Lipinski definition) is 6. The number of unbranched alkanes of at least 4 members (excludes halogenated alkanes) is 45. The number of esters is 3. The standard InChI is InChI=1S/C63H120O6/c1-4-7-10-13-16-19-22-25-28-29-30-31-32-33-36-38-41-44-47-50-53-56-62(65)68-59-60(69-63(66)57-54-51-48-45-42-39-35-27-24-21-18-15-12-9-6-3)58-67-61(64)55-52-49-46-43-40-37-34-26-23-20-17-14-11-8-5-2/h25,28,60H,4-24,26-27,29-59H2,1-3H3/b28-25-/t60-/m0/s1. The monoisotopic (exact) mass is 973 g/mol. The summed E-state index contributed by atoms with van der Waals surface area (Å²) in [6.07, 6.45) is 67.8. The highest BCUT2D eigenvalue weighted by atomic mass is 16.6. The average Bonchev–Trinajstić information content (AvgIpc) is 3.35. The smallest absolute Gasteiger partial charge is 0.306 e. The van der Waals surface area contributed by atoms with Gasteiger partial charge in [-0.3, -0.25) is 14.4 Å². The van der Waals surface area contributed by atoms with Crippen molar-refractivity contribution in [3.05, 3.63) is 12.2 Å². The zero-order valence-electron chi connectivity index (χ0n) is 46.9. The molecule has 0 fully saturated rings. The Bertz CT molecular complexity index is 1070. The molecular formula is C63H120O6. The fourth-order valence-electron chi connectivity index (χ4n) is 9.56. The summed E-state index contributed by atoms with van der Waals surface area (Å²) >= 11 is 0.